The maximum absolute atomic E-state index is 15.3. The van der Waals surface area contributed by atoms with Crippen molar-refractivity contribution in [2.45, 2.75) is 20.1 Å². The summed E-state index contributed by atoms with van der Waals surface area (Å²) in [4.78, 5) is 35.8. The first kappa shape index (κ1) is 22.4. The Bertz CT molecular complexity index is 1240. The Morgan fingerprint density at radius 2 is 1.82 bits per heavy atom. The lowest BCUT2D eigenvalue weighted by Gasteiger charge is -2.37. The smallest absolute Gasteiger partial charge is 0.387 e. The van der Waals surface area contributed by atoms with Gasteiger partial charge in [0, 0.05) is 51.3 Å². The van der Waals surface area contributed by atoms with E-state index < -0.39 is 35.1 Å². The van der Waals surface area contributed by atoms with Crippen LogP contribution >= 0.6 is 0 Å². The van der Waals surface area contributed by atoms with Crippen molar-refractivity contribution in [2.75, 3.05) is 36.0 Å². The van der Waals surface area contributed by atoms with Crippen molar-refractivity contribution in [1.82, 2.24) is 14.5 Å². The third-order valence-corrected chi connectivity index (χ3v) is 5.44. The first-order chi connectivity index (χ1) is 15.8. The number of aromatic nitrogens is 3. The zero-order valence-electron chi connectivity index (χ0n) is 17.5. The largest absolute Gasteiger partial charge is 0.545 e. The summed E-state index contributed by atoms with van der Waals surface area (Å²) < 4.78 is 48.0. The van der Waals surface area contributed by atoms with Gasteiger partial charge >= 0.3 is 6.61 Å². The van der Waals surface area contributed by atoms with Crippen molar-refractivity contribution >= 4 is 28.5 Å². The zero-order valence-corrected chi connectivity index (χ0v) is 17.5. The summed E-state index contributed by atoms with van der Waals surface area (Å²) in [6.45, 7) is -0.298. The van der Waals surface area contributed by atoms with Gasteiger partial charge in [-0.3, -0.25) is 4.79 Å². The molecule has 12 heteroatoms. The number of rotatable bonds is 6. The number of alkyl halides is 2. The molecule has 9 nitrogen and oxygen atoms in total. The van der Waals surface area contributed by atoms with E-state index in [9.17, 15) is 23.5 Å². The molecule has 0 amide bonds. The number of piperazine rings is 1. The van der Waals surface area contributed by atoms with Crippen LogP contribution in [-0.4, -0.2) is 53.3 Å². The van der Waals surface area contributed by atoms with Crippen LogP contribution in [0.4, 0.5) is 24.8 Å². The van der Waals surface area contributed by atoms with Gasteiger partial charge in [0.1, 0.15) is 5.69 Å². The highest BCUT2D eigenvalue weighted by Gasteiger charge is 2.29. The minimum Gasteiger partial charge on any atom is -0.545 e. The second-order valence-corrected chi connectivity index (χ2v) is 7.28. The SMILES string of the molecule is CCn1cc(C(=O)[O-])c(=O)c2cc(F)c(N3CCN(c4ncccn4)CC3)c(OC(F)F)c21. The topological polar surface area (TPSA) is 104 Å². The van der Waals surface area contributed by atoms with E-state index in [0.29, 0.717) is 19.0 Å². The Balaban J connectivity index is 1.83. The van der Waals surface area contributed by atoms with E-state index in [1.807, 2.05) is 4.90 Å². The highest BCUT2D eigenvalue weighted by molar-refractivity contribution is 5.96. The molecule has 0 N–H and O–H groups in total. The molecule has 0 aliphatic carbocycles. The van der Waals surface area contributed by atoms with Gasteiger partial charge in [-0.25, -0.2) is 14.4 Å². The molecule has 0 radical (unpaired) electrons. The van der Waals surface area contributed by atoms with Crippen LogP contribution in [-0.2, 0) is 6.54 Å². The Kier molecular flexibility index (Phi) is 6.07. The molecule has 1 saturated heterocycles. The molecule has 1 aliphatic rings. The Hall–Kier alpha value is -3.83. The van der Waals surface area contributed by atoms with Gasteiger partial charge in [-0.2, -0.15) is 8.78 Å². The third-order valence-electron chi connectivity index (χ3n) is 5.44. The predicted molar refractivity (Wildman–Crippen MR) is 111 cm³/mol. The number of carboxylic acids is 1. The number of aromatic carboxylic acids is 1. The molecule has 4 rings (SSSR count). The number of hydrogen-bond acceptors (Lipinski definition) is 8. The monoisotopic (exact) mass is 462 g/mol. The molecule has 33 heavy (non-hydrogen) atoms. The van der Waals surface area contributed by atoms with Gasteiger partial charge in [-0.15, -0.1) is 0 Å². The van der Waals surface area contributed by atoms with E-state index in [-0.39, 0.29) is 36.2 Å². The lowest BCUT2D eigenvalue weighted by atomic mass is 10.1. The summed E-state index contributed by atoms with van der Waals surface area (Å²) in [5.41, 5.74) is -2.07. The third kappa shape index (κ3) is 4.15. The molecule has 0 spiro atoms. The molecule has 1 fully saturated rings. The van der Waals surface area contributed by atoms with Crippen molar-refractivity contribution in [1.29, 1.82) is 0 Å². The minimum atomic E-state index is -3.30. The van der Waals surface area contributed by atoms with Crippen molar-refractivity contribution < 1.29 is 27.8 Å². The molecular weight excluding hydrogens is 443 g/mol. The van der Waals surface area contributed by atoms with Crippen molar-refractivity contribution in [3.8, 4) is 5.75 Å². The number of pyridine rings is 1. The number of carboxylic acid groups (broad SMARTS) is 1. The molecular formula is C21H19F3N5O4-. The Morgan fingerprint density at radius 3 is 2.39 bits per heavy atom. The number of carbonyl (C=O) groups excluding carboxylic acids is 1. The number of anilines is 2. The quantitative estimate of drug-likeness (QED) is 0.539. The maximum Gasteiger partial charge on any atom is 0.387 e. The number of aryl methyl sites for hydroxylation is 1. The maximum atomic E-state index is 15.3. The fourth-order valence-corrected chi connectivity index (χ4v) is 3.96. The summed E-state index contributed by atoms with van der Waals surface area (Å²) in [5, 5.41) is 11.0. The van der Waals surface area contributed by atoms with Gasteiger partial charge in [-0.1, -0.05) is 0 Å². The van der Waals surface area contributed by atoms with Crippen molar-refractivity contribution in [3.63, 3.8) is 0 Å². The average molecular weight is 462 g/mol. The van der Waals surface area contributed by atoms with E-state index in [2.05, 4.69) is 9.97 Å². The number of halogens is 3. The molecule has 3 aromatic rings. The van der Waals surface area contributed by atoms with Gasteiger partial charge in [0.15, 0.2) is 17.0 Å². The fourth-order valence-electron chi connectivity index (χ4n) is 3.96. The first-order valence-corrected chi connectivity index (χ1v) is 10.1. The van der Waals surface area contributed by atoms with Crippen molar-refractivity contribution in [2.24, 2.45) is 0 Å². The summed E-state index contributed by atoms with van der Waals surface area (Å²) in [6, 6.07) is 2.54. The van der Waals surface area contributed by atoms with E-state index in [4.69, 9.17) is 4.74 Å². The standard InChI is InChI=1S/C21H20F3N5O4/c1-2-27-11-13(19(31)32)17(30)12-10-14(22)16(18(15(12)27)33-20(23)24)28-6-8-29(9-7-28)21-25-4-3-5-26-21/h3-5,10-11,20H,2,6-9H2,1H3,(H,31,32)/p-1. The van der Waals surface area contributed by atoms with E-state index in [1.54, 1.807) is 30.3 Å². The number of hydrogen-bond donors (Lipinski definition) is 0. The van der Waals surface area contributed by atoms with Crippen LogP contribution < -0.4 is 25.1 Å². The minimum absolute atomic E-state index is 0.112. The number of carbonyl (C=O) groups is 1. The van der Waals surface area contributed by atoms with Crippen LogP contribution in [0, 0.1) is 5.82 Å². The summed E-state index contributed by atoms with van der Waals surface area (Å²) in [7, 11) is 0. The molecule has 1 aromatic carbocycles. The predicted octanol–water partition coefficient (Wildman–Crippen LogP) is 1.24. The van der Waals surface area contributed by atoms with E-state index in [1.165, 1.54) is 4.57 Å². The number of benzene rings is 1. The summed E-state index contributed by atoms with van der Waals surface area (Å²) >= 11 is 0. The number of nitrogens with zero attached hydrogens (tertiary/aromatic N) is 5. The van der Waals surface area contributed by atoms with Crippen LogP contribution in [0.25, 0.3) is 10.9 Å². The Morgan fingerprint density at radius 1 is 1.18 bits per heavy atom. The first-order valence-electron chi connectivity index (χ1n) is 10.1. The van der Waals surface area contributed by atoms with Gasteiger partial charge in [0.05, 0.1) is 22.4 Å². The lowest BCUT2D eigenvalue weighted by molar-refractivity contribution is -0.255. The molecule has 0 unspecified atom stereocenters. The molecule has 174 valence electrons. The van der Waals surface area contributed by atoms with Crippen LogP contribution in [0.5, 0.6) is 5.75 Å². The van der Waals surface area contributed by atoms with E-state index >= 15 is 4.39 Å². The van der Waals surface area contributed by atoms with E-state index in [0.717, 1.165) is 12.3 Å². The van der Waals surface area contributed by atoms with Crippen LogP contribution in [0.2, 0.25) is 0 Å². The second-order valence-electron chi connectivity index (χ2n) is 7.28. The fraction of sp³-hybridized carbons (Fsp3) is 0.333. The number of ether oxygens (including phenoxy) is 1. The molecule has 0 bridgehead atoms. The normalized spacial score (nSPS) is 14.2. The van der Waals surface area contributed by atoms with Crippen LogP contribution in [0.15, 0.2) is 35.5 Å². The number of fused-ring (bicyclic) bond motifs is 1. The highest BCUT2D eigenvalue weighted by atomic mass is 19.3. The average Bonchev–Trinajstić information content (AvgIpc) is 2.80. The van der Waals surface area contributed by atoms with Crippen LogP contribution in [0.3, 0.4) is 0 Å². The zero-order chi connectivity index (χ0) is 23.7. The summed E-state index contributed by atoms with van der Waals surface area (Å²) in [5.74, 6) is -2.75. The Labute approximate surface area is 185 Å². The van der Waals surface area contributed by atoms with Crippen LogP contribution in [0.1, 0.15) is 17.3 Å². The molecule has 0 saturated carbocycles. The lowest BCUT2D eigenvalue weighted by Crippen LogP contribution is -2.47. The summed E-state index contributed by atoms with van der Waals surface area (Å²) in [6.07, 6.45) is 4.18. The van der Waals surface area contributed by atoms with Crippen molar-refractivity contribution in [3.05, 3.63) is 52.3 Å². The molecule has 0 atom stereocenters. The second kappa shape index (κ2) is 8.96. The molecule has 3 heterocycles. The highest BCUT2D eigenvalue weighted by Crippen LogP contribution is 2.39. The van der Waals surface area contributed by atoms with Gasteiger partial charge in [-0.05, 0) is 19.1 Å². The van der Waals surface area contributed by atoms with Gasteiger partial charge < -0.3 is 29.0 Å². The molecule has 2 aromatic heterocycles. The molecule has 1 aliphatic heterocycles. The van der Waals surface area contributed by atoms with Gasteiger partial charge in [0.2, 0.25) is 5.95 Å². The van der Waals surface area contributed by atoms with Gasteiger partial charge in [0.25, 0.3) is 0 Å².